The molecule has 1 saturated heterocycles. The fourth-order valence-corrected chi connectivity index (χ4v) is 3.02. The second kappa shape index (κ2) is 7.73. The number of carbonyl (C=O) groups is 3. The van der Waals surface area contributed by atoms with Gasteiger partial charge in [-0.25, -0.2) is 0 Å². The summed E-state index contributed by atoms with van der Waals surface area (Å²) in [6.07, 6.45) is 1.68. The lowest BCUT2D eigenvalue weighted by Crippen LogP contribution is -2.48. The Bertz CT molecular complexity index is 729. The molecule has 26 heavy (non-hydrogen) atoms. The molecule has 0 aromatic heterocycles. The maximum Gasteiger partial charge on any atom is 0.261 e. The Hall–Kier alpha value is -1.96. The molecule has 1 unspecified atom stereocenters. The summed E-state index contributed by atoms with van der Waals surface area (Å²) in [7, 11) is 0. The summed E-state index contributed by atoms with van der Waals surface area (Å²) in [4.78, 5) is 38.7. The average molecular weight is 382 g/mol. The number of hydrogen-bond donors (Lipinski definition) is 2. The molecule has 1 aromatic rings. The van der Waals surface area contributed by atoms with Gasteiger partial charge >= 0.3 is 0 Å². The number of nitrogens with two attached hydrogens (primary N) is 1. The summed E-state index contributed by atoms with van der Waals surface area (Å²) in [5, 5.41) is 2.82. The highest BCUT2D eigenvalue weighted by atomic mass is 35.5. The van der Waals surface area contributed by atoms with E-state index in [2.05, 4.69) is 5.32 Å². The van der Waals surface area contributed by atoms with E-state index in [1.54, 1.807) is 6.07 Å². The van der Waals surface area contributed by atoms with Crippen molar-refractivity contribution >= 4 is 30.1 Å². The minimum atomic E-state index is -0.554. The van der Waals surface area contributed by atoms with Crippen LogP contribution in [-0.2, 0) is 4.74 Å². The van der Waals surface area contributed by atoms with Crippen molar-refractivity contribution in [2.24, 2.45) is 5.73 Å². The van der Waals surface area contributed by atoms with Crippen LogP contribution >= 0.6 is 12.4 Å². The summed E-state index contributed by atoms with van der Waals surface area (Å²) in [5.41, 5.74) is 6.00. The average Bonchev–Trinajstić information content (AvgIpc) is 3.17. The van der Waals surface area contributed by atoms with Crippen molar-refractivity contribution in [2.45, 2.75) is 38.3 Å². The van der Waals surface area contributed by atoms with Gasteiger partial charge in [0.05, 0.1) is 23.8 Å². The highest BCUT2D eigenvalue weighted by molar-refractivity contribution is 6.22. The second-order valence-corrected chi connectivity index (χ2v) is 7.16. The van der Waals surface area contributed by atoms with Crippen molar-refractivity contribution in [1.82, 2.24) is 10.2 Å². The van der Waals surface area contributed by atoms with E-state index in [0.29, 0.717) is 17.7 Å². The summed E-state index contributed by atoms with van der Waals surface area (Å²) in [5.74, 6) is -1.02. The van der Waals surface area contributed by atoms with E-state index in [0.717, 1.165) is 12.8 Å². The molecule has 3 N–H and O–H groups in total. The van der Waals surface area contributed by atoms with Gasteiger partial charge in [-0.1, -0.05) is 0 Å². The van der Waals surface area contributed by atoms with Crippen molar-refractivity contribution < 1.29 is 19.1 Å². The molecule has 0 saturated carbocycles. The zero-order valence-corrected chi connectivity index (χ0v) is 15.7. The topological polar surface area (TPSA) is 102 Å². The quantitative estimate of drug-likeness (QED) is 0.749. The number of nitrogens with one attached hydrogen (secondary N) is 1. The van der Waals surface area contributed by atoms with Crippen molar-refractivity contribution in [2.75, 3.05) is 19.7 Å². The van der Waals surface area contributed by atoms with E-state index in [1.165, 1.54) is 17.0 Å². The number of halogens is 1. The van der Waals surface area contributed by atoms with Crippen LogP contribution in [-0.4, -0.2) is 54.0 Å². The van der Waals surface area contributed by atoms with Crippen molar-refractivity contribution in [3.05, 3.63) is 34.9 Å². The number of fused-ring (bicyclic) bond motifs is 1. The second-order valence-electron chi connectivity index (χ2n) is 7.16. The van der Waals surface area contributed by atoms with E-state index < -0.39 is 5.54 Å². The number of amides is 3. The van der Waals surface area contributed by atoms with Gasteiger partial charge in [0.1, 0.15) is 0 Å². The van der Waals surface area contributed by atoms with Crippen LogP contribution in [0.3, 0.4) is 0 Å². The number of carbonyl (C=O) groups excluding carboxylic acids is 3. The van der Waals surface area contributed by atoms with E-state index in [9.17, 15) is 14.4 Å². The number of rotatable bonds is 5. The first-order valence-corrected chi connectivity index (χ1v) is 8.47. The summed E-state index contributed by atoms with van der Waals surface area (Å²) in [6.45, 7) is 4.84. The molecular formula is C18H24ClN3O4. The van der Waals surface area contributed by atoms with Gasteiger partial charge in [0.25, 0.3) is 17.7 Å². The number of hydrogen-bond acceptors (Lipinski definition) is 5. The molecule has 1 aromatic carbocycles. The molecule has 2 heterocycles. The van der Waals surface area contributed by atoms with Gasteiger partial charge in [0.15, 0.2) is 0 Å². The van der Waals surface area contributed by atoms with Crippen LogP contribution in [0, 0.1) is 0 Å². The molecule has 142 valence electrons. The number of nitrogens with zero attached hydrogens (tertiary/aromatic N) is 1. The van der Waals surface area contributed by atoms with Gasteiger partial charge in [-0.15, -0.1) is 12.4 Å². The Balaban J connectivity index is 0.00000243. The smallest absolute Gasteiger partial charge is 0.261 e. The fraction of sp³-hybridized carbons (Fsp3) is 0.500. The van der Waals surface area contributed by atoms with E-state index in [-0.39, 0.29) is 54.9 Å². The number of imide groups is 1. The van der Waals surface area contributed by atoms with Gasteiger partial charge in [-0.2, -0.15) is 0 Å². The van der Waals surface area contributed by atoms with Gasteiger partial charge in [0, 0.05) is 24.3 Å². The Morgan fingerprint density at radius 1 is 1.31 bits per heavy atom. The van der Waals surface area contributed by atoms with E-state index in [1.807, 2.05) is 13.8 Å². The maximum absolute atomic E-state index is 12.6. The highest BCUT2D eigenvalue weighted by Crippen LogP contribution is 2.26. The third-order valence-electron chi connectivity index (χ3n) is 4.61. The van der Waals surface area contributed by atoms with E-state index >= 15 is 0 Å². The lowest BCUT2D eigenvalue weighted by atomic mass is 10.0. The number of ether oxygens (including phenoxy) is 1. The van der Waals surface area contributed by atoms with Crippen LogP contribution in [0.4, 0.5) is 0 Å². The first-order chi connectivity index (χ1) is 11.8. The summed E-state index contributed by atoms with van der Waals surface area (Å²) in [6, 6.07) is 4.57. The molecule has 0 spiro atoms. The normalized spacial score (nSPS) is 19.3. The Morgan fingerprint density at radius 3 is 2.62 bits per heavy atom. The van der Waals surface area contributed by atoms with Gasteiger partial charge in [0.2, 0.25) is 0 Å². The predicted molar refractivity (Wildman–Crippen MR) is 98.6 cm³/mol. The first kappa shape index (κ1) is 20.4. The van der Waals surface area contributed by atoms with Crippen molar-refractivity contribution in [3.63, 3.8) is 0 Å². The molecule has 3 amide bonds. The monoisotopic (exact) mass is 381 g/mol. The lowest BCUT2D eigenvalue weighted by molar-refractivity contribution is 0.0475. The zero-order chi connectivity index (χ0) is 18.2. The standard InChI is InChI=1S/C18H23N3O4.ClH/c1-18(2,10-19)20-15(22)11-5-6-13-14(8-11)17(24)21(16(13)23)9-12-4-3-7-25-12;/h5-6,8,12H,3-4,7,9-10,19H2,1-2H3,(H,20,22);1H. The lowest BCUT2D eigenvalue weighted by Gasteiger charge is -2.24. The minimum absolute atomic E-state index is 0. The molecular weight excluding hydrogens is 358 g/mol. The summed E-state index contributed by atoms with van der Waals surface area (Å²) >= 11 is 0. The molecule has 3 rings (SSSR count). The van der Waals surface area contributed by atoms with Crippen LogP contribution in [0.2, 0.25) is 0 Å². The highest BCUT2D eigenvalue weighted by Gasteiger charge is 2.38. The SMILES string of the molecule is CC(C)(CN)NC(=O)c1ccc2c(c1)C(=O)N(CC1CCCO1)C2=O.Cl. The largest absolute Gasteiger partial charge is 0.376 e. The minimum Gasteiger partial charge on any atom is -0.376 e. The third kappa shape index (κ3) is 3.90. The van der Waals surface area contributed by atoms with Crippen molar-refractivity contribution in [3.8, 4) is 0 Å². The zero-order valence-electron chi connectivity index (χ0n) is 14.9. The molecule has 0 aliphatic carbocycles. The Morgan fingerprint density at radius 2 is 2.00 bits per heavy atom. The molecule has 7 nitrogen and oxygen atoms in total. The molecule has 0 bridgehead atoms. The fourth-order valence-electron chi connectivity index (χ4n) is 3.02. The molecule has 8 heteroatoms. The van der Waals surface area contributed by atoms with Crippen LogP contribution in [0.5, 0.6) is 0 Å². The van der Waals surface area contributed by atoms with Gasteiger partial charge in [-0.05, 0) is 44.9 Å². The van der Waals surface area contributed by atoms with Crippen LogP contribution in [0.15, 0.2) is 18.2 Å². The van der Waals surface area contributed by atoms with Gasteiger partial charge < -0.3 is 15.8 Å². The molecule has 1 atom stereocenters. The molecule has 2 aliphatic rings. The summed E-state index contributed by atoms with van der Waals surface area (Å²) < 4.78 is 5.52. The maximum atomic E-state index is 12.6. The van der Waals surface area contributed by atoms with E-state index in [4.69, 9.17) is 10.5 Å². The van der Waals surface area contributed by atoms with Crippen LogP contribution in [0.25, 0.3) is 0 Å². The van der Waals surface area contributed by atoms with Crippen LogP contribution in [0.1, 0.15) is 57.8 Å². The van der Waals surface area contributed by atoms with Gasteiger partial charge in [-0.3, -0.25) is 19.3 Å². The number of benzene rings is 1. The molecule has 2 aliphatic heterocycles. The predicted octanol–water partition coefficient (Wildman–Crippen LogP) is 1.35. The Kier molecular flexibility index (Phi) is 6.05. The Labute approximate surface area is 158 Å². The van der Waals surface area contributed by atoms with Crippen molar-refractivity contribution in [1.29, 1.82) is 0 Å². The first-order valence-electron chi connectivity index (χ1n) is 8.47. The molecule has 0 radical (unpaired) electrons. The van der Waals surface area contributed by atoms with Crippen LogP contribution < -0.4 is 11.1 Å². The molecule has 1 fully saturated rings. The third-order valence-corrected chi connectivity index (χ3v) is 4.61.